The molecule has 2 aliphatic heterocycles. The van der Waals surface area contributed by atoms with Gasteiger partial charge in [-0.05, 0) is 62.2 Å². The second-order valence-electron chi connectivity index (χ2n) is 15.8. The van der Waals surface area contributed by atoms with Crippen molar-refractivity contribution in [2.24, 2.45) is 0 Å². The summed E-state index contributed by atoms with van der Waals surface area (Å²) in [7, 11) is 5.54. The third-order valence-electron chi connectivity index (χ3n) is 11.0. The number of methoxy groups -OCH3 is 1. The average molecular weight is 971 g/mol. The number of amides is 5. The molecule has 0 aliphatic carbocycles. The van der Waals surface area contributed by atoms with Crippen LogP contribution in [0.2, 0.25) is 0 Å². The third kappa shape index (κ3) is 14.2. The van der Waals surface area contributed by atoms with Crippen LogP contribution < -0.4 is 35.5 Å². The number of anilines is 2. The first-order valence-corrected chi connectivity index (χ1v) is 23.7. The molecule has 0 bridgehead atoms. The van der Waals surface area contributed by atoms with Crippen LogP contribution in [0, 0.1) is 0 Å². The molecule has 1 unspecified atom stereocenters. The lowest BCUT2D eigenvalue weighted by Crippen LogP contribution is -2.35. The van der Waals surface area contributed by atoms with Gasteiger partial charge >= 0.3 is 0 Å². The molecule has 4 aromatic carbocycles. The SMILES string of the molecule is CC.CCl.COc1cc2[nH]c(C(=O)N3CCc4c3cc(OC(C(=O)NCCOCCOCCNC(=O)CCCN3C(=O)C=CC3=O)c3ccc(N)cc3)c3ccccc43)cc2cc1OCCN(C)C. The number of nitrogens with one attached hydrogen (secondary N) is 3. The number of likely N-dealkylation sites (N-methyl/N-ethyl adjacent to an activating group) is 1. The molecule has 1 atom stereocenters. The number of benzene rings is 4. The first-order chi connectivity index (χ1) is 33.5. The molecule has 370 valence electrons. The van der Waals surface area contributed by atoms with Crippen LogP contribution >= 0.6 is 11.6 Å². The summed E-state index contributed by atoms with van der Waals surface area (Å²) in [4.78, 5) is 71.8. The predicted octanol–water partition coefficient (Wildman–Crippen LogP) is 6.03. The fraction of sp³-hybridized carbons (Fsp3) is 0.392. The monoisotopic (exact) mass is 969 g/mol. The summed E-state index contributed by atoms with van der Waals surface area (Å²) in [5.41, 5.74) is 10.00. The maximum atomic E-state index is 14.3. The predicted molar refractivity (Wildman–Crippen MR) is 268 cm³/mol. The van der Waals surface area contributed by atoms with E-state index in [4.69, 9.17) is 29.4 Å². The average Bonchev–Trinajstić information content (AvgIpc) is 4.08. The summed E-state index contributed by atoms with van der Waals surface area (Å²) in [6.07, 6.45) is 4.03. The largest absolute Gasteiger partial charge is 0.493 e. The van der Waals surface area contributed by atoms with E-state index < -0.39 is 12.0 Å². The van der Waals surface area contributed by atoms with Crippen molar-refractivity contribution in [2.75, 3.05) is 104 Å². The highest BCUT2D eigenvalue weighted by Crippen LogP contribution is 2.42. The maximum absolute atomic E-state index is 14.3. The number of nitrogens with two attached hydrogens (primary N) is 1. The lowest BCUT2D eigenvalue weighted by atomic mass is 10.0. The Bertz CT molecular complexity index is 2550. The van der Waals surface area contributed by atoms with Crippen molar-refractivity contribution in [3.8, 4) is 17.2 Å². The van der Waals surface area contributed by atoms with Crippen molar-refractivity contribution < 1.29 is 47.7 Å². The Balaban J connectivity index is 0.00000216. The van der Waals surface area contributed by atoms with Crippen LogP contribution in [0.5, 0.6) is 17.2 Å². The maximum Gasteiger partial charge on any atom is 0.274 e. The van der Waals surface area contributed by atoms with E-state index in [0.29, 0.717) is 72.4 Å². The van der Waals surface area contributed by atoms with Gasteiger partial charge in [-0.25, -0.2) is 0 Å². The minimum absolute atomic E-state index is 0.179. The van der Waals surface area contributed by atoms with Gasteiger partial charge in [0.25, 0.3) is 23.6 Å². The molecule has 5 aromatic rings. The summed E-state index contributed by atoms with van der Waals surface area (Å²) in [6.45, 7) is 7.38. The molecular formula is C51H64ClN7O10. The number of imide groups is 1. The molecule has 7 rings (SSSR count). The fourth-order valence-corrected chi connectivity index (χ4v) is 7.69. The van der Waals surface area contributed by atoms with Gasteiger partial charge in [0.1, 0.15) is 18.1 Å². The first-order valence-electron chi connectivity index (χ1n) is 23.0. The molecule has 1 aromatic heterocycles. The van der Waals surface area contributed by atoms with Crippen LogP contribution in [0.25, 0.3) is 21.7 Å². The number of H-pyrrole nitrogens is 1. The summed E-state index contributed by atoms with van der Waals surface area (Å²) in [6, 6.07) is 22.1. The van der Waals surface area contributed by atoms with Crippen LogP contribution in [-0.2, 0) is 35.1 Å². The molecule has 0 saturated carbocycles. The normalized spacial score (nSPS) is 13.2. The van der Waals surface area contributed by atoms with Gasteiger partial charge in [-0.15, -0.1) is 11.6 Å². The van der Waals surface area contributed by atoms with Gasteiger partial charge in [-0.1, -0.05) is 50.2 Å². The second-order valence-corrected chi connectivity index (χ2v) is 15.8. The van der Waals surface area contributed by atoms with E-state index in [2.05, 4.69) is 27.2 Å². The zero-order valence-electron chi connectivity index (χ0n) is 40.2. The second kappa shape index (κ2) is 26.8. The van der Waals surface area contributed by atoms with E-state index in [0.717, 1.165) is 38.7 Å². The van der Waals surface area contributed by atoms with Gasteiger partial charge in [-0.2, -0.15) is 0 Å². The first kappa shape index (κ1) is 53.3. The van der Waals surface area contributed by atoms with Gasteiger partial charge in [0.15, 0.2) is 11.5 Å². The van der Waals surface area contributed by atoms with E-state index in [1.807, 2.05) is 81.4 Å². The van der Waals surface area contributed by atoms with Crippen LogP contribution in [0.1, 0.15) is 54.4 Å². The Morgan fingerprint density at radius 2 is 1.49 bits per heavy atom. The van der Waals surface area contributed by atoms with E-state index in [-0.39, 0.29) is 69.6 Å². The standard InChI is InChI=1S/C48H55N7O10.C2H6.CH3Cl/c1-53(2)21-24-64-42-28-32-27-38(52-37(32)29-41(42)61-3)48(60)54-20-16-35-34-7-4-5-8-36(34)40(30-39(35)54)65-46(31-10-12-33(49)13-11-31)47(59)51-18-23-63-26-25-62-22-17-50-43(56)9-6-19-55-44(57)14-15-45(55)58;2*1-2/h4-5,7-8,10-15,27-30,46,52H,6,9,16-26,49H2,1-3H3,(H,50,56)(H,51,59);1-2H3;1H3. The number of fused-ring (bicyclic) bond motifs is 4. The van der Waals surface area contributed by atoms with Crippen molar-refractivity contribution in [3.63, 3.8) is 0 Å². The number of nitrogen functional groups attached to an aromatic ring is 1. The number of halogens is 1. The summed E-state index contributed by atoms with van der Waals surface area (Å²) in [5, 5.41) is 8.22. The number of nitrogens with zero attached hydrogens (tertiary/aromatic N) is 3. The number of ether oxygens (including phenoxy) is 5. The molecule has 5 amide bonds. The highest BCUT2D eigenvalue weighted by molar-refractivity contribution is 6.15. The molecule has 0 radical (unpaired) electrons. The topological polar surface area (TPSA) is 207 Å². The third-order valence-corrected chi connectivity index (χ3v) is 11.0. The summed E-state index contributed by atoms with van der Waals surface area (Å²) >= 11 is 4.64. The molecule has 0 spiro atoms. The number of alkyl halides is 1. The number of rotatable bonds is 23. The van der Waals surface area contributed by atoms with Crippen LogP contribution in [0.15, 0.2) is 84.9 Å². The van der Waals surface area contributed by atoms with Crippen molar-refractivity contribution in [1.29, 1.82) is 0 Å². The Kier molecular flexibility index (Phi) is 20.7. The van der Waals surface area contributed by atoms with Crippen molar-refractivity contribution in [1.82, 2.24) is 25.4 Å². The van der Waals surface area contributed by atoms with E-state index in [1.54, 1.807) is 36.3 Å². The van der Waals surface area contributed by atoms with Crippen LogP contribution in [0.4, 0.5) is 11.4 Å². The number of hydrogen-bond donors (Lipinski definition) is 4. The highest BCUT2D eigenvalue weighted by atomic mass is 35.5. The van der Waals surface area contributed by atoms with Crippen molar-refractivity contribution in [2.45, 2.75) is 39.2 Å². The Morgan fingerprint density at radius 3 is 2.16 bits per heavy atom. The Morgan fingerprint density at radius 1 is 0.826 bits per heavy atom. The Labute approximate surface area is 408 Å². The Hall–Kier alpha value is -6.66. The van der Waals surface area contributed by atoms with E-state index >= 15 is 0 Å². The van der Waals surface area contributed by atoms with Crippen LogP contribution in [0.3, 0.4) is 0 Å². The number of hydrogen-bond acceptors (Lipinski definition) is 12. The summed E-state index contributed by atoms with van der Waals surface area (Å²) in [5.74, 6) is 0.0635. The molecule has 18 heteroatoms. The molecule has 17 nitrogen and oxygen atoms in total. The van der Waals surface area contributed by atoms with Gasteiger partial charge in [0.2, 0.25) is 12.0 Å². The lowest BCUT2D eigenvalue weighted by molar-refractivity contribution is -0.137. The van der Waals surface area contributed by atoms with Crippen LogP contribution in [-0.4, -0.2) is 138 Å². The smallest absolute Gasteiger partial charge is 0.274 e. The molecule has 0 saturated heterocycles. The van der Waals surface area contributed by atoms with Gasteiger partial charge in [-0.3, -0.25) is 28.9 Å². The molecular weight excluding hydrogens is 906 g/mol. The zero-order valence-corrected chi connectivity index (χ0v) is 41.0. The number of aromatic nitrogens is 1. The molecule has 69 heavy (non-hydrogen) atoms. The van der Waals surface area contributed by atoms with Crippen molar-refractivity contribution >= 4 is 74.2 Å². The highest BCUT2D eigenvalue weighted by Gasteiger charge is 2.31. The quantitative estimate of drug-likeness (QED) is 0.0257. The number of aromatic amines is 1. The molecule has 5 N–H and O–H groups in total. The lowest BCUT2D eigenvalue weighted by Gasteiger charge is -2.23. The van der Waals surface area contributed by atoms with E-state index in [9.17, 15) is 24.0 Å². The minimum Gasteiger partial charge on any atom is -0.493 e. The zero-order chi connectivity index (χ0) is 49.9. The number of carbonyl (C=O) groups excluding carboxylic acids is 5. The molecule has 3 heterocycles. The summed E-state index contributed by atoms with van der Waals surface area (Å²) < 4.78 is 29.5. The van der Waals surface area contributed by atoms with Gasteiger partial charge < -0.3 is 54.8 Å². The number of carbonyl (C=O) groups is 5. The molecule has 2 aliphatic rings. The fourth-order valence-electron chi connectivity index (χ4n) is 7.69. The minimum atomic E-state index is -1.07. The van der Waals surface area contributed by atoms with Gasteiger partial charge in [0, 0.05) is 97.4 Å². The van der Waals surface area contributed by atoms with Gasteiger partial charge in [0.05, 0.1) is 39.2 Å². The molecule has 0 fully saturated rings. The van der Waals surface area contributed by atoms with E-state index in [1.165, 1.54) is 18.5 Å². The van der Waals surface area contributed by atoms with Crippen molar-refractivity contribution in [3.05, 3.63) is 102 Å².